The Balaban J connectivity index is 1.16. The van der Waals surface area contributed by atoms with Crippen molar-refractivity contribution in [2.24, 2.45) is 0 Å². The average Bonchev–Trinajstić information content (AvgIpc) is 3.75. The van der Waals surface area contributed by atoms with E-state index >= 15 is 0 Å². The topological polar surface area (TPSA) is 31.0 Å². The van der Waals surface area contributed by atoms with E-state index < -0.39 is 0 Å². The Bertz CT molecular complexity index is 2870. The highest BCUT2D eigenvalue weighted by Gasteiger charge is 2.18. The van der Waals surface area contributed by atoms with Gasteiger partial charge in [0.05, 0.1) is 11.0 Å². The number of rotatable bonds is 5. The fraction of sp³-hybridized carbons (Fsp3) is 0.0426. The molecule has 0 fully saturated rings. The summed E-state index contributed by atoms with van der Waals surface area (Å²) in [6.45, 7) is 2.17. The molecule has 10 rings (SSSR count). The Morgan fingerprint density at radius 3 is 1.74 bits per heavy atom. The predicted molar refractivity (Wildman–Crippen MR) is 209 cm³/mol. The summed E-state index contributed by atoms with van der Waals surface area (Å²) >= 11 is 0. The van der Waals surface area contributed by atoms with Gasteiger partial charge in [-0.2, -0.15) is 0 Å². The zero-order valence-corrected chi connectivity index (χ0v) is 27.6. The molecule has 0 N–H and O–H groups in total. The van der Waals surface area contributed by atoms with Gasteiger partial charge in [0.15, 0.2) is 0 Å². The number of fused-ring (bicyclic) bond motifs is 6. The summed E-state index contributed by atoms with van der Waals surface area (Å²) in [7, 11) is 0. The second kappa shape index (κ2) is 11.3. The maximum absolute atomic E-state index is 6.20. The molecule has 0 saturated heterocycles. The maximum atomic E-state index is 6.20. The minimum absolute atomic E-state index is 0.858. The third-order valence-electron chi connectivity index (χ3n) is 10.1. The van der Waals surface area contributed by atoms with Gasteiger partial charge in [-0.05, 0) is 103 Å². The summed E-state index contributed by atoms with van der Waals surface area (Å²) < 4.78 is 8.49. The summed E-state index contributed by atoms with van der Waals surface area (Å²) in [6, 6.07) is 58.9. The highest BCUT2D eigenvalue weighted by molar-refractivity contribution is 6.22. The second-order valence-corrected chi connectivity index (χ2v) is 13.0. The van der Waals surface area contributed by atoms with Crippen LogP contribution in [0.25, 0.3) is 93.6 Å². The van der Waals surface area contributed by atoms with Crippen LogP contribution < -0.4 is 0 Å². The molecule has 0 bridgehead atoms. The lowest BCUT2D eigenvalue weighted by Gasteiger charge is -2.18. The van der Waals surface area contributed by atoms with Crippen LogP contribution in [0, 0.1) is 0 Å². The van der Waals surface area contributed by atoms with Crippen LogP contribution in [0.2, 0.25) is 0 Å². The van der Waals surface area contributed by atoms with Crippen LogP contribution in [0.4, 0.5) is 0 Å². The van der Waals surface area contributed by atoms with Crippen molar-refractivity contribution < 1.29 is 4.42 Å². The number of hydrogen-bond donors (Lipinski definition) is 0. The van der Waals surface area contributed by atoms with Crippen molar-refractivity contribution in [3.63, 3.8) is 0 Å². The first-order chi connectivity index (χ1) is 24.7. The normalized spacial score (nSPS) is 11.8. The number of para-hydroxylation sites is 3. The van der Waals surface area contributed by atoms with Gasteiger partial charge in [0, 0.05) is 22.9 Å². The van der Waals surface area contributed by atoms with Crippen LogP contribution in [0.3, 0.4) is 0 Å². The molecule has 2 aromatic heterocycles. The Kier molecular flexibility index (Phi) is 6.47. The molecule has 0 saturated carbocycles. The van der Waals surface area contributed by atoms with Gasteiger partial charge in [0.2, 0.25) is 0 Å². The lowest BCUT2D eigenvalue weighted by molar-refractivity contribution is 0.669. The van der Waals surface area contributed by atoms with E-state index in [1.165, 1.54) is 54.9 Å². The van der Waals surface area contributed by atoms with Gasteiger partial charge in [0.1, 0.15) is 17.0 Å². The monoisotopic (exact) mass is 640 g/mol. The van der Waals surface area contributed by atoms with Crippen molar-refractivity contribution >= 4 is 54.5 Å². The minimum Gasteiger partial charge on any atom is -0.456 e. The SMILES string of the molecule is CCc1nc2ccccc2n1-c1cccc(-c2cccc(-c3c4ccccc4c(-c4ccc5oc6ccccc6c5c4)c4ccccc34)c2)c1. The van der Waals surface area contributed by atoms with Crippen LogP contribution >= 0.6 is 0 Å². The maximum Gasteiger partial charge on any atom is 0.135 e. The lowest BCUT2D eigenvalue weighted by atomic mass is 9.85. The first kappa shape index (κ1) is 28.6. The molecule has 3 heteroatoms. The molecular formula is C47H32N2O. The van der Waals surface area contributed by atoms with Gasteiger partial charge in [-0.3, -0.25) is 4.57 Å². The van der Waals surface area contributed by atoms with Gasteiger partial charge in [-0.25, -0.2) is 4.98 Å². The molecule has 0 aliphatic rings. The third-order valence-corrected chi connectivity index (χ3v) is 10.1. The molecule has 0 radical (unpaired) electrons. The van der Waals surface area contributed by atoms with Crippen LogP contribution in [-0.2, 0) is 6.42 Å². The number of furan rings is 1. The van der Waals surface area contributed by atoms with Crippen molar-refractivity contribution in [3.05, 3.63) is 170 Å². The fourth-order valence-electron chi connectivity index (χ4n) is 7.91. The Labute approximate surface area is 289 Å². The molecule has 50 heavy (non-hydrogen) atoms. The van der Waals surface area contributed by atoms with Crippen molar-refractivity contribution in [3.8, 4) is 39.1 Å². The van der Waals surface area contributed by atoms with Crippen molar-refractivity contribution in [2.75, 3.05) is 0 Å². The highest BCUT2D eigenvalue weighted by atomic mass is 16.3. The van der Waals surface area contributed by atoms with E-state index in [1.54, 1.807) is 0 Å². The van der Waals surface area contributed by atoms with Crippen molar-refractivity contribution in [1.29, 1.82) is 0 Å². The van der Waals surface area contributed by atoms with E-state index in [0.717, 1.165) is 50.9 Å². The number of nitrogens with zero attached hydrogens (tertiary/aromatic N) is 2. The first-order valence-corrected chi connectivity index (χ1v) is 17.3. The van der Waals surface area contributed by atoms with Crippen molar-refractivity contribution in [1.82, 2.24) is 9.55 Å². The standard InChI is InChI=1S/C47H32N2O/c1-2-45-48-41-22-8-9-23-42(41)49(45)34-16-12-14-31(28-34)30-13-11-15-32(27-30)46-36-18-3-5-20-38(36)47(39-21-6-4-19-37(39)46)33-25-26-44-40(29-33)35-17-7-10-24-43(35)50-44/h3-29H,2H2,1H3. The number of benzene rings is 8. The molecule has 236 valence electrons. The second-order valence-electron chi connectivity index (χ2n) is 13.0. The van der Waals surface area contributed by atoms with Gasteiger partial charge in [0.25, 0.3) is 0 Å². The molecule has 0 spiro atoms. The lowest BCUT2D eigenvalue weighted by Crippen LogP contribution is -2.00. The molecule has 0 atom stereocenters. The highest BCUT2D eigenvalue weighted by Crippen LogP contribution is 2.45. The van der Waals surface area contributed by atoms with Crippen LogP contribution in [0.5, 0.6) is 0 Å². The Hall–Kier alpha value is -6.45. The number of aromatic nitrogens is 2. The van der Waals surface area contributed by atoms with E-state index in [9.17, 15) is 0 Å². The average molecular weight is 641 g/mol. The Morgan fingerprint density at radius 1 is 0.460 bits per heavy atom. The van der Waals surface area contributed by atoms with Crippen LogP contribution in [-0.4, -0.2) is 9.55 Å². The molecule has 0 unspecified atom stereocenters. The van der Waals surface area contributed by atoms with Gasteiger partial charge in [-0.1, -0.05) is 122 Å². The van der Waals surface area contributed by atoms with Gasteiger partial charge < -0.3 is 4.42 Å². The molecule has 0 amide bonds. The first-order valence-electron chi connectivity index (χ1n) is 17.3. The molecule has 3 nitrogen and oxygen atoms in total. The summed E-state index contributed by atoms with van der Waals surface area (Å²) in [5, 5.41) is 7.23. The molecule has 0 aliphatic heterocycles. The number of imidazole rings is 1. The van der Waals surface area contributed by atoms with E-state index in [1.807, 2.05) is 12.1 Å². The fourth-order valence-corrected chi connectivity index (χ4v) is 7.91. The molecule has 8 aromatic carbocycles. The zero-order valence-electron chi connectivity index (χ0n) is 27.6. The summed E-state index contributed by atoms with van der Waals surface area (Å²) in [4.78, 5) is 4.93. The van der Waals surface area contributed by atoms with E-state index in [2.05, 4.69) is 163 Å². The molecule has 2 heterocycles. The largest absolute Gasteiger partial charge is 0.456 e. The predicted octanol–water partition coefficient (Wildman–Crippen LogP) is 12.8. The number of aryl methyl sites for hydroxylation is 1. The van der Waals surface area contributed by atoms with E-state index in [-0.39, 0.29) is 0 Å². The summed E-state index contributed by atoms with van der Waals surface area (Å²) in [5.74, 6) is 1.07. The smallest absolute Gasteiger partial charge is 0.135 e. The molecule has 10 aromatic rings. The minimum atomic E-state index is 0.858. The molecular weight excluding hydrogens is 609 g/mol. The zero-order chi connectivity index (χ0) is 33.2. The summed E-state index contributed by atoms with van der Waals surface area (Å²) in [5.41, 5.74) is 12.4. The van der Waals surface area contributed by atoms with E-state index in [4.69, 9.17) is 9.40 Å². The van der Waals surface area contributed by atoms with Crippen LogP contribution in [0.1, 0.15) is 12.7 Å². The molecule has 0 aliphatic carbocycles. The van der Waals surface area contributed by atoms with Crippen LogP contribution in [0.15, 0.2) is 168 Å². The number of hydrogen-bond acceptors (Lipinski definition) is 2. The third kappa shape index (κ3) is 4.40. The summed E-state index contributed by atoms with van der Waals surface area (Å²) in [6.07, 6.45) is 0.858. The van der Waals surface area contributed by atoms with Gasteiger partial charge in [-0.15, -0.1) is 0 Å². The van der Waals surface area contributed by atoms with Gasteiger partial charge >= 0.3 is 0 Å². The Morgan fingerprint density at radius 2 is 1.02 bits per heavy atom. The van der Waals surface area contributed by atoms with E-state index in [0.29, 0.717) is 0 Å². The quantitative estimate of drug-likeness (QED) is 0.175. The van der Waals surface area contributed by atoms with Crippen molar-refractivity contribution in [2.45, 2.75) is 13.3 Å².